The number of piperidine rings is 1. The Hall–Kier alpha value is -0.230. The minimum absolute atomic E-state index is 0.102. The molecule has 5 heteroatoms. The molecule has 1 rings (SSSR count). The second-order valence-electron chi connectivity index (χ2n) is 4.16. The summed E-state index contributed by atoms with van der Waals surface area (Å²) in [4.78, 5) is 2.93. The molecule has 1 fully saturated rings. The number of hydrogen-bond acceptors (Lipinski definition) is 4. The fourth-order valence-electron chi connectivity index (χ4n) is 2.21. The van der Waals surface area contributed by atoms with Crippen molar-refractivity contribution < 1.29 is 9.84 Å². The van der Waals surface area contributed by atoms with Crippen molar-refractivity contribution in [3.05, 3.63) is 0 Å². The summed E-state index contributed by atoms with van der Waals surface area (Å²) in [6.45, 7) is 4.61. The number of nitrogens with zero attached hydrogens (tertiary/aromatic N) is 1. The van der Waals surface area contributed by atoms with Crippen LogP contribution in [0.5, 0.6) is 0 Å². The number of rotatable bonds is 6. The molecular formula is C11H22N2O2S. The molecule has 0 bridgehead atoms. The highest BCUT2D eigenvalue weighted by atomic mass is 32.1. The zero-order valence-electron chi connectivity index (χ0n) is 9.89. The fourth-order valence-corrected chi connectivity index (χ4v) is 2.53. The van der Waals surface area contributed by atoms with Gasteiger partial charge in [0, 0.05) is 13.1 Å². The molecule has 1 saturated heterocycles. The van der Waals surface area contributed by atoms with Crippen LogP contribution in [-0.2, 0) is 4.74 Å². The average molecular weight is 246 g/mol. The summed E-state index contributed by atoms with van der Waals surface area (Å²) in [5.41, 5.74) is 5.72. The molecule has 1 aliphatic rings. The Balaban J connectivity index is 2.33. The van der Waals surface area contributed by atoms with Crippen molar-refractivity contribution in [2.75, 3.05) is 26.3 Å². The summed E-state index contributed by atoms with van der Waals surface area (Å²) >= 11 is 5.07. The lowest BCUT2D eigenvalue weighted by Gasteiger charge is -2.36. The van der Waals surface area contributed by atoms with Crippen LogP contribution in [0.25, 0.3) is 0 Å². The van der Waals surface area contributed by atoms with E-state index in [1.54, 1.807) is 0 Å². The van der Waals surface area contributed by atoms with Crippen LogP contribution in [0.3, 0.4) is 0 Å². The number of ether oxygens (including phenoxy) is 1. The van der Waals surface area contributed by atoms with E-state index < -0.39 is 0 Å². The number of likely N-dealkylation sites (tertiary alicyclic amines) is 1. The van der Waals surface area contributed by atoms with Crippen LogP contribution in [0.15, 0.2) is 0 Å². The molecule has 1 atom stereocenters. The van der Waals surface area contributed by atoms with Gasteiger partial charge in [-0.15, -0.1) is 0 Å². The van der Waals surface area contributed by atoms with E-state index in [4.69, 9.17) is 27.8 Å². The minimum Gasteiger partial charge on any atom is -0.394 e. The van der Waals surface area contributed by atoms with Crippen LogP contribution in [0, 0.1) is 0 Å². The molecule has 0 aromatic carbocycles. The second-order valence-corrected chi connectivity index (χ2v) is 4.63. The molecule has 0 radical (unpaired) electrons. The SMILES string of the molecule is CCC(C(N)=S)N1CCC(OCCO)CC1. The first-order chi connectivity index (χ1) is 7.69. The van der Waals surface area contributed by atoms with Crippen molar-refractivity contribution >= 4 is 17.2 Å². The molecule has 3 N–H and O–H groups in total. The molecule has 0 aromatic rings. The molecule has 4 nitrogen and oxygen atoms in total. The summed E-state index contributed by atoms with van der Waals surface area (Å²) in [6.07, 6.45) is 3.25. The van der Waals surface area contributed by atoms with Gasteiger partial charge in [0.05, 0.1) is 30.3 Å². The average Bonchev–Trinajstić information content (AvgIpc) is 2.28. The molecule has 1 heterocycles. The van der Waals surface area contributed by atoms with Crippen molar-refractivity contribution in [3.8, 4) is 0 Å². The van der Waals surface area contributed by atoms with Crippen molar-refractivity contribution in [3.63, 3.8) is 0 Å². The van der Waals surface area contributed by atoms with Gasteiger partial charge in [0.2, 0.25) is 0 Å². The first kappa shape index (κ1) is 13.8. The lowest BCUT2D eigenvalue weighted by Crippen LogP contribution is -2.48. The number of thiocarbonyl (C=S) groups is 1. The topological polar surface area (TPSA) is 58.7 Å². The Bertz CT molecular complexity index is 218. The van der Waals surface area contributed by atoms with Crippen molar-refractivity contribution in [1.29, 1.82) is 0 Å². The summed E-state index contributed by atoms with van der Waals surface area (Å²) < 4.78 is 5.51. The molecule has 0 aliphatic carbocycles. The van der Waals surface area contributed by atoms with E-state index in [2.05, 4.69) is 11.8 Å². The monoisotopic (exact) mass is 246 g/mol. The standard InChI is InChI=1S/C11H22N2O2S/c1-2-10(11(12)16)13-5-3-9(4-6-13)15-8-7-14/h9-10,14H,2-8H2,1H3,(H2,12,16). The van der Waals surface area contributed by atoms with Gasteiger partial charge in [-0.05, 0) is 19.3 Å². The van der Waals surface area contributed by atoms with Crippen molar-refractivity contribution in [2.24, 2.45) is 5.73 Å². The fraction of sp³-hybridized carbons (Fsp3) is 0.909. The van der Waals surface area contributed by atoms with Gasteiger partial charge in [-0.25, -0.2) is 0 Å². The summed E-state index contributed by atoms with van der Waals surface area (Å²) in [7, 11) is 0. The number of hydrogen-bond donors (Lipinski definition) is 2. The molecule has 0 amide bonds. The smallest absolute Gasteiger partial charge is 0.0901 e. The van der Waals surface area contributed by atoms with Gasteiger partial charge in [-0.2, -0.15) is 0 Å². The Morgan fingerprint density at radius 2 is 2.19 bits per heavy atom. The summed E-state index contributed by atoms with van der Waals surface area (Å²) in [5.74, 6) is 0. The normalized spacial score (nSPS) is 20.9. The third kappa shape index (κ3) is 3.97. The number of aliphatic hydroxyl groups is 1. The summed E-state index contributed by atoms with van der Waals surface area (Å²) in [6, 6.07) is 0.230. The van der Waals surface area contributed by atoms with Crippen molar-refractivity contribution in [2.45, 2.75) is 38.3 Å². The molecular weight excluding hydrogens is 224 g/mol. The van der Waals surface area contributed by atoms with E-state index in [0.29, 0.717) is 11.6 Å². The largest absolute Gasteiger partial charge is 0.394 e. The van der Waals surface area contributed by atoms with Gasteiger partial charge < -0.3 is 15.6 Å². The highest BCUT2D eigenvalue weighted by Gasteiger charge is 2.25. The molecule has 0 aromatic heterocycles. The van der Waals surface area contributed by atoms with Gasteiger partial charge in [0.25, 0.3) is 0 Å². The molecule has 1 aliphatic heterocycles. The maximum Gasteiger partial charge on any atom is 0.0901 e. The van der Waals surface area contributed by atoms with Gasteiger partial charge in [0.1, 0.15) is 0 Å². The Morgan fingerprint density at radius 1 is 1.56 bits per heavy atom. The van der Waals surface area contributed by atoms with Crippen LogP contribution in [-0.4, -0.2) is 53.4 Å². The van der Waals surface area contributed by atoms with E-state index in [1.807, 2.05) is 0 Å². The zero-order chi connectivity index (χ0) is 12.0. The highest BCUT2D eigenvalue weighted by Crippen LogP contribution is 2.17. The van der Waals surface area contributed by atoms with Crippen LogP contribution >= 0.6 is 12.2 Å². The van der Waals surface area contributed by atoms with Crippen molar-refractivity contribution in [1.82, 2.24) is 4.90 Å². The number of nitrogens with two attached hydrogens (primary N) is 1. The van der Waals surface area contributed by atoms with E-state index in [0.717, 1.165) is 32.4 Å². The highest BCUT2D eigenvalue weighted by molar-refractivity contribution is 7.80. The second kappa shape index (κ2) is 7.17. The van der Waals surface area contributed by atoms with Crippen LogP contribution in [0.1, 0.15) is 26.2 Å². The Kier molecular flexibility index (Phi) is 6.20. The van der Waals surface area contributed by atoms with E-state index in [1.165, 1.54) is 0 Å². The Labute approximate surface area is 103 Å². The van der Waals surface area contributed by atoms with Gasteiger partial charge in [0.15, 0.2) is 0 Å². The van der Waals surface area contributed by atoms with E-state index in [9.17, 15) is 0 Å². The molecule has 0 spiro atoms. The molecule has 1 unspecified atom stereocenters. The third-order valence-corrected chi connectivity index (χ3v) is 3.35. The van der Waals surface area contributed by atoms with Gasteiger partial charge in [-0.3, -0.25) is 4.90 Å². The number of aliphatic hydroxyl groups excluding tert-OH is 1. The molecule has 94 valence electrons. The van der Waals surface area contributed by atoms with Crippen LogP contribution in [0.4, 0.5) is 0 Å². The lowest BCUT2D eigenvalue weighted by atomic mass is 10.0. The maximum atomic E-state index is 8.68. The molecule has 0 saturated carbocycles. The van der Waals surface area contributed by atoms with E-state index in [-0.39, 0.29) is 18.8 Å². The molecule has 16 heavy (non-hydrogen) atoms. The summed E-state index contributed by atoms with van der Waals surface area (Å²) in [5, 5.41) is 8.68. The predicted molar refractivity (Wildman–Crippen MR) is 68.5 cm³/mol. The Morgan fingerprint density at radius 3 is 2.62 bits per heavy atom. The lowest BCUT2D eigenvalue weighted by molar-refractivity contribution is -0.0108. The quantitative estimate of drug-likeness (QED) is 0.669. The van der Waals surface area contributed by atoms with Gasteiger partial charge >= 0.3 is 0 Å². The first-order valence-corrected chi connectivity index (χ1v) is 6.35. The minimum atomic E-state index is 0.102. The third-order valence-electron chi connectivity index (χ3n) is 3.08. The van der Waals surface area contributed by atoms with Gasteiger partial charge in [-0.1, -0.05) is 19.1 Å². The van der Waals surface area contributed by atoms with E-state index >= 15 is 0 Å². The van der Waals surface area contributed by atoms with Crippen LogP contribution < -0.4 is 5.73 Å². The first-order valence-electron chi connectivity index (χ1n) is 5.94. The zero-order valence-corrected chi connectivity index (χ0v) is 10.7. The predicted octanol–water partition coefficient (Wildman–Crippen LogP) is 0.524. The maximum absolute atomic E-state index is 8.68. The van der Waals surface area contributed by atoms with Crippen LogP contribution in [0.2, 0.25) is 0 Å².